The quantitative estimate of drug-likeness (QED) is 0.191. The van der Waals surface area contributed by atoms with Crippen LogP contribution in [0, 0.1) is 0 Å². The molecule has 0 amide bonds. The number of methoxy groups -OCH3 is 3. The third-order valence-corrected chi connectivity index (χ3v) is 6.73. The Morgan fingerprint density at radius 1 is 0.417 bits per heavy atom. The predicted octanol–water partition coefficient (Wildman–Crippen LogP) is 8.39. The van der Waals surface area contributed by atoms with Crippen molar-refractivity contribution < 1.29 is 14.2 Å². The lowest BCUT2D eigenvalue weighted by molar-refractivity contribution is 0.355. The topological polar surface area (TPSA) is 27.7 Å². The van der Waals surface area contributed by atoms with Gasteiger partial charge in [-0.05, 0) is 83.3 Å². The van der Waals surface area contributed by atoms with Gasteiger partial charge in [0.25, 0.3) is 0 Å². The Bertz CT molecular complexity index is 1210. The van der Waals surface area contributed by atoms with E-state index in [0.29, 0.717) is 0 Å². The molecule has 0 aliphatic heterocycles. The molecule has 0 atom stereocenters. The number of hydrogen-bond donors (Lipinski definition) is 0. The fraction of sp³-hybridized carbons (Fsp3) is 0.273. The van der Waals surface area contributed by atoms with Crippen LogP contribution in [-0.4, -0.2) is 21.3 Å². The maximum atomic E-state index is 5.44. The fourth-order valence-electron chi connectivity index (χ4n) is 4.54. The Morgan fingerprint density at radius 2 is 0.861 bits per heavy atom. The van der Waals surface area contributed by atoms with Gasteiger partial charge in [-0.25, -0.2) is 0 Å². The average Bonchev–Trinajstić information content (AvgIpc) is 2.95. The van der Waals surface area contributed by atoms with Crippen LogP contribution in [0.3, 0.4) is 0 Å². The first-order valence-corrected chi connectivity index (χ1v) is 12.7. The Balaban J connectivity index is 1.18. The Kier molecular flexibility index (Phi) is 9.04. The first-order valence-electron chi connectivity index (χ1n) is 12.7. The molecule has 0 fully saturated rings. The van der Waals surface area contributed by atoms with Gasteiger partial charge in [-0.2, -0.15) is 0 Å². The minimum absolute atomic E-state index is 0.753. The molecule has 0 saturated heterocycles. The summed E-state index contributed by atoms with van der Waals surface area (Å²) in [6, 6.07) is 32.2. The average molecular weight is 481 g/mol. The van der Waals surface area contributed by atoms with E-state index in [1.165, 1.54) is 53.5 Å². The number of benzene rings is 4. The van der Waals surface area contributed by atoms with Gasteiger partial charge in [-0.15, -0.1) is 0 Å². The zero-order valence-electron chi connectivity index (χ0n) is 21.6. The van der Waals surface area contributed by atoms with Gasteiger partial charge >= 0.3 is 0 Å². The van der Waals surface area contributed by atoms with Crippen molar-refractivity contribution >= 4 is 0 Å². The van der Waals surface area contributed by atoms with Crippen LogP contribution in [0.2, 0.25) is 0 Å². The fourth-order valence-corrected chi connectivity index (χ4v) is 4.54. The first kappa shape index (κ1) is 25.4. The van der Waals surface area contributed by atoms with Crippen LogP contribution in [0.4, 0.5) is 0 Å². The molecule has 4 rings (SSSR count). The zero-order valence-corrected chi connectivity index (χ0v) is 21.6. The maximum Gasteiger partial charge on any atom is 0.161 e. The van der Waals surface area contributed by atoms with Crippen molar-refractivity contribution in [2.75, 3.05) is 21.3 Å². The van der Waals surface area contributed by atoms with Gasteiger partial charge in [0.15, 0.2) is 11.5 Å². The molecular weight excluding hydrogens is 444 g/mol. The third-order valence-electron chi connectivity index (χ3n) is 6.73. The van der Waals surface area contributed by atoms with Crippen molar-refractivity contribution in [3.8, 4) is 39.5 Å². The highest BCUT2D eigenvalue weighted by Crippen LogP contribution is 2.32. The van der Waals surface area contributed by atoms with E-state index in [1.807, 2.05) is 24.3 Å². The zero-order chi connectivity index (χ0) is 25.2. The molecule has 4 aromatic carbocycles. The van der Waals surface area contributed by atoms with Crippen molar-refractivity contribution in [2.45, 2.75) is 38.5 Å². The van der Waals surface area contributed by atoms with Gasteiger partial charge in [-0.3, -0.25) is 0 Å². The Morgan fingerprint density at radius 3 is 1.33 bits per heavy atom. The van der Waals surface area contributed by atoms with Gasteiger partial charge in [0.2, 0.25) is 0 Å². The number of hydrogen-bond acceptors (Lipinski definition) is 3. The highest BCUT2D eigenvalue weighted by Gasteiger charge is 2.06. The van der Waals surface area contributed by atoms with Crippen molar-refractivity contribution in [1.29, 1.82) is 0 Å². The van der Waals surface area contributed by atoms with Crippen LogP contribution < -0.4 is 14.2 Å². The molecule has 36 heavy (non-hydrogen) atoms. The minimum atomic E-state index is 0.753. The summed E-state index contributed by atoms with van der Waals surface area (Å²) in [6.07, 6.45) is 7.27. The van der Waals surface area contributed by atoms with Crippen LogP contribution in [-0.2, 0) is 12.8 Å². The monoisotopic (exact) mass is 480 g/mol. The summed E-state index contributed by atoms with van der Waals surface area (Å²) in [5.74, 6) is 2.40. The van der Waals surface area contributed by atoms with Crippen molar-refractivity contribution in [2.24, 2.45) is 0 Å². The molecule has 3 heteroatoms. The lowest BCUT2D eigenvalue weighted by Gasteiger charge is -2.10. The standard InChI is InChI=1S/C33H36O3/c1-34-31-21-18-28(19-22-31)27-14-10-25(11-15-27)8-6-4-5-7-9-26-12-16-29(17-13-26)30-20-23-32(35-2)33(24-30)36-3/h10-24H,4-9H2,1-3H3. The van der Waals surface area contributed by atoms with Crippen LogP contribution in [0.1, 0.15) is 36.8 Å². The predicted molar refractivity (Wildman–Crippen MR) is 149 cm³/mol. The van der Waals surface area contributed by atoms with Gasteiger partial charge in [0, 0.05) is 0 Å². The highest BCUT2D eigenvalue weighted by molar-refractivity contribution is 5.67. The van der Waals surface area contributed by atoms with E-state index in [2.05, 4.69) is 66.7 Å². The van der Waals surface area contributed by atoms with Gasteiger partial charge in [0.05, 0.1) is 21.3 Å². The van der Waals surface area contributed by atoms with Gasteiger partial charge < -0.3 is 14.2 Å². The van der Waals surface area contributed by atoms with Crippen molar-refractivity contribution in [3.63, 3.8) is 0 Å². The second-order valence-corrected chi connectivity index (χ2v) is 9.11. The third kappa shape index (κ3) is 6.69. The summed E-state index contributed by atoms with van der Waals surface area (Å²) in [7, 11) is 5.03. The van der Waals surface area contributed by atoms with E-state index in [-0.39, 0.29) is 0 Å². The molecule has 186 valence electrons. The van der Waals surface area contributed by atoms with Gasteiger partial charge in [0.1, 0.15) is 5.75 Å². The molecule has 0 N–H and O–H groups in total. The van der Waals surface area contributed by atoms with Crippen molar-refractivity contribution in [3.05, 3.63) is 102 Å². The van der Waals surface area contributed by atoms with E-state index in [4.69, 9.17) is 14.2 Å². The molecule has 0 saturated carbocycles. The Hall–Kier alpha value is -3.72. The number of unbranched alkanes of at least 4 members (excludes halogenated alkanes) is 3. The summed E-state index contributed by atoms with van der Waals surface area (Å²) >= 11 is 0. The molecule has 0 unspecified atom stereocenters. The second-order valence-electron chi connectivity index (χ2n) is 9.11. The van der Waals surface area contributed by atoms with E-state index < -0.39 is 0 Å². The molecule has 3 nitrogen and oxygen atoms in total. The molecular formula is C33H36O3. The van der Waals surface area contributed by atoms with Gasteiger partial charge in [-0.1, -0.05) is 79.6 Å². The highest BCUT2D eigenvalue weighted by atomic mass is 16.5. The van der Waals surface area contributed by atoms with E-state index in [0.717, 1.165) is 35.7 Å². The minimum Gasteiger partial charge on any atom is -0.497 e. The SMILES string of the molecule is COc1ccc(-c2ccc(CCCCCCc3ccc(-c4ccc(OC)c(OC)c4)cc3)cc2)cc1. The molecule has 0 aliphatic rings. The molecule has 0 radical (unpaired) electrons. The first-order chi connectivity index (χ1) is 17.7. The van der Waals surface area contributed by atoms with Crippen LogP contribution in [0.25, 0.3) is 22.3 Å². The number of ether oxygens (including phenoxy) is 3. The largest absolute Gasteiger partial charge is 0.497 e. The maximum absolute atomic E-state index is 5.44. The lowest BCUT2D eigenvalue weighted by Crippen LogP contribution is -1.91. The smallest absolute Gasteiger partial charge is 0.161 e. The van der Waals surface area contributed by atoms with Crippen LogP contribution in [0.15, 0.2) is 91.0 Å². The molecule has 0 bridgehead atoms. The number of aryl methyl sites for hydroxylation is 2. The molecule has 4 aromatic rings. The summed E-state index contributed by atoms with van der Waals surface area (Å²) in [5.41, 5.74) is 7.61. The van der Waals surface area contributed by atoms with E-state index >= 15 is 0 Å². The summed E-state index contributed by atoms with van der Waals surface area (Å²) < 4.78 is 16.0. The second kappa shape index (κ2) is 12.8. The van der Waals surface area contributed by atoms with Crippen LogP contribution in [0.5, 0.6) is 17.2 Å². The normalized spacial score (nSPS) is 10.8. The van der Waals surface area contributed by atoms with Crippen molar-refractivity contribution in [1.82, 2.24) is 0 Å². The Labute approximate surface area is 215 Å². The molecule has 0 spiro atoms. The summed E-state index contributed by atoms with van der Waals surface area (Å²) in [5, 5.41) is 0. The van der Waals surface area contributed by atoms with E-state index in [9.17, 15) is 0 Å². The van der Waals surface area contributed by atoms with Crippen LogP contribution >= 0.6 is 0 Å². The molecule has 0 heterocycles. The number of rotatable bonds is 12. The molecule has 0 aliphatic carbocycles. The molecule has 0 aromatic heterocycles. The summed E-state index contributed by atoms with van der Waals surface area (Å²) in [6.45, 7) is 0. The summed E-state index contributed by atoms with van der Waals surface area (Å²) in [4.78, 5) is 0. The van der Waals surface area contributed by atoms with E-state index in [1.54, 1.807) is 21.3 Å². The lowest BCUT2D eigenvalue weighted by atomic mass is 9.99.